The highest BCUT2D eigenvalue weighted by atomic mass is 35.5. The summed E-state index contributed by atoms with van der Waals surface area (Å²) in [5, 5.41) is 2.77. The Morgan fingerprint density at radius 2 is 1.94 bits per heavy atom. The molecule has 0 unspecified atom stereocenters. The van der Waals surface area contributed by atoms with Gasteiger partial charge in [0.1, 0.15) is 5.54 Å². The van der Waals surface area contributed by atoms with Crippen molar-refractivity contribution in [1.29, 1.82) is 0 Å². The lowest BCUT2D eigenvalue weighted by Gasteiger charge is -2.22. The second-order valence-corrected chi connectivity index (χ2v) is 4.55. The fraction of sp³-hybridized carbons (Fsp3) is 0.273. The van der Waals surface area contributed by atoms with Gasteiger partial charge >= 0.3 is 0 Å². The van der Waals surface area contributed by atoms with E-state index in [0.717, 1.165) is 0 Å². The van der Waals surface area contributed by atoms with E-state index in [1.165, 1.54) is 19.9 Å². The van der Waals surface area contributed by atoms with Crippen molar-refractivity contribution >= 4 is 29.1 Å². The first kappa shape index (κ1) is 13.3. The molecule has 1 aromatic carbocycles. The number of amides is 2. The molecule has 0 aliphatic rings. The molecule has 17 heavy (non-hydrogen) atoms. The minimum Gasteiger partial charge on any atom is -0.397 e. The first-order valence-electron chi connectivity index (χ1n) is 4.92. The van der Waals surface area contributed by atoms with Crippen molar-refractivity contribution in [1.82, 2.24) is 5.32 Å². The van der Waals surface area contributed by atoms with Gasteiger partial charge in [0.2, 0.25) is 5.91 Å². The Kier molecular flexibility index (Phi) is 3.63. The van der Waals surface area contributed by atoms with Crippen LogP contribution in [0.1, 0.15) is 24.2 Å². The largest absolute Gasteiger partial charge is 0.397 e. The third kappa shape index (κ3) is 2.88. The van der Waals surface area contributed by atoms with E-state index in [2.05, 4.69) is 5.32 Å². The van der Waals surface area contributed by atoms with Gasteiger partial charge in [-0.05, 0) is 26.0 Å². The standard InChI is InChI=1S/C11H14ClN3O2/c1-11(2,10(14)17)15-9(16)6-4-3-5-7(12)8(6)13/h3-5H,13H2,1-2H3,(H2,14,17)(H,15,16). The van der Waals surface area contributed by atoms with Crippen molar-refractivity contribution < 1.29 is 9.59 Å². The third-order valence-corrected chi connectivity index (χ3v) is 2.67. The van der Waals surface area contributed by atoms with Crippen molar-refractivity contribution in [2.45, 2.75) is 19.4 Å². The van der Waals surface area contributed by atoms with E-state index < -0.39 is 17.4 Å². The molecule has 0 spiro atoms. The molecule has 0 aromatic heterocycles. The van der Waals surface area contributed by atoms with E-state index in [1.807, 2.05) is 0 Å². The highest BCUT2D eigenvalue weighted by Gasteiger charge is 2.28. The number of rotatable bonds is 3. The van der Waals surface area contributed by atoms with E-state index in [1.54, 1.807) is 12.1 Å². The second-order valence-electron chi connectivity index (χ2n) is 4.14. The Morgan fingerprint density at radius 3 is 2.47 bits per heavy atom. The Bertz CT molecular complexity index is 472. The quantitative estimate of drug-likeness (QED) is 0.701. The fourth-order valence-electron chi connectivity index (χ4n) is 1.15. The molecule has 0 aliphatic carbocycles. The van der Waals surface area contributed by atoms with Crippen LogP contribution in [-0.2, 0) is 4.79 Å². The summed E-state index contributed by atoms with van der Waals surface area (Å²) in [6, 6.07) is 4.70. The number of nitrogen functional groups attached to an aromatic ring is 1. The minimum atomic E-state index is -1.15. The van der Waals surface area contributed by atoms with E-state index in [9.17, 15) is 9.59 Å². The summed E-state index contributed by atoms with van der Waals surface area (Å²) in [5.41, 5.74) is 10.1. The van der Waals surface area contributed by atoms with Crippen molar-refractivity contribution in [2.24, 2.45) is 5.73 Å². The number of carbonyl (C=O) groups is 2. The maximum atomic E-state index is 11.9. The van der Waals surface area contributed by atoms with Gasteiger partial charge in [0.05, 0.1) is 16.3 Å². The zero-order valence-electron chi connectivity index (χ0n) is 9.58. The van der Waals surface area contributed by atoms with E-state index in [4.69, 9.17) is 23.1 Å². The molecule has 6 heteroatoms. The fourth-order valence-corrected chi connectivity index (χ4v) is 1.32. The second kappa shape index (κ2) is 4.63. The van der Waals surface area contributed by atoms with Gasteiger partial charge < -0.3 is 16.8 Å². The molecule has 1 rings (SSSR count). The van der Waals surface area contributed by atoms with Crippen molar-refractivity contribution in [2.75, 3.05) is 5.73 Å². The number of halogens is 1. The molecular weight excluding hydrogens is 242 g/mol. The Balaban J connectivity index is 2.99. The molecule has 5 nitrogen and oxygen atoms in total. The molecule has 0 aliphatic heterocycles. The number of hydrogen-bond acceptors (Lipinski definition) is 3. The summed E-state index contributed by atoms with van der Waals surface area (Å²) in [5.74, 6) is -1.12. The number of nitrogens with two attached hydrogens (primary N) is 2. The molecule has 0 heterocycles. The van der Waals surface area contributed by atoms with Crippen molar-refractivity contribution in [3.05, 3.63) is 28.8 Å². The Labute approximate surface area is 104 Å². The van der Waals surface area contributed by atoms with E-state index in [0.29, 0.717) is 0 Å². The maximum Gasteiger partial charge on any atom is 0.254 e. The molecule has 0 saturated carbocycles. The Morgan fingerprint density at radius 1 is 1.35 bits per heavy atom. The monoisotopic (exact) mass is 255 g/mol. The van der Waals surface area contributed by atoms with Crippen LogP contribution >= 0.6 is 11.6 Å². The number of benzene rings is 1. The molecular formula is C11H14ClN3O2. The van der Waals surface area contributed by atoms with Crippen LogP contribution in [0.5, 0.6) is 0 Å². The van der Waals surface area contributed by atoms with E-state index in [-0.39, 0.29) is 16.3 Å². The summed E-state index contributed by atoms with van der Waals surface area (Å²) < 4.78 is 0. The molecule has 1 aromatic rings. The average Bonchev–Trinajstić information content (AvgIpc) is 2.21. The molecule has 0 radical (unpaired) electrons. The van der Waals surface area contributed by atoms with Gasteiger partial charge in [0.25, 0.3) is 5.91 Å². The zero-order valence-corrected chi connectivity index (χ0v) is 10.3. The summed E-state index contributed by atoms with van der Waals surface area (Å²) in [6.07, 6.45) is 0. The predicted molar refractivity (Wildman–Crippen MR) is 66.6 cm³/mol. The van der Waals surface area contributed by atoms with Gasteiger partial charge in [-0.2, -0.15) is 0 Å². The lowest BCUT2D eigenvalue weighted by atomic mass is 10.0. The molecule has 0 bridgehead atoms. The smallest absolute Gasteiger partial charge is 0.254 e. The van der Waals surface area contributed by atoms with Crippen LogP contribution in [0.15, 0.2) is 18.2 Å². The lowest BCUT2D eigenvalue weighted by Crippen LogP contribution is -2.53. The summed E-state index contributed by atoms with van der Waals surface area (Å²) >= 11 is 5.80. The van der Waals surface area contributed by atoms with Crippen LogP contribution < -0.4 is 16.8 Å². The van der Waals surface area contributed by atoms with Crippen LogP contribution in [0.4, 0.5) is 5.69 Å². The summed E-state index contributed by atoms with van der Waals surface area (Å²) in [4.78, 5) is 23.0. The summed E-state index contributed by atoms with van der Waals surface area (Å²) in [7, 11) is 0. The lowest BCUT2D eigenvalue weighted by molar-refractivity contribution is -0.122. The molecule has 2 amide bonds. The first-order valence-corrected chi connectivity index (χ1v) is 5.30. The van der Waals surface area contributed by atoms with Gasteiger partial charge in [-0.3, -0.25) is 9.59 Å². The van der Waals surface area contributed by atoms with Gasteiger partial charge in [-0.25, -0.2) is 0 Å². The van der Waals surface area contributed by atoms with Gasteiger partial charge in [0, 0.05) is 0 Å². The van der Waals surface area contributed by atoms with Crippen LogP contribution in [0, 0.1) is 0 Å². The van der Waals surface area contributed by atoms with Crippen molar-refractivity contribution in [3.63, 3.8) is 0 Å². The minimum absolute atomic E-state index is 0.173. The van der Waals surface area contributed by atoms with Crippen molar-refractivity contribution in [3.8, 4) is 0 Å². The molecule has 5 N–H and O–H groups in total. The van der Waals surface area contributed by atoms with Gasteiger partial charge in [-0.1, -0.05) is 17.7 Å². The number of primary amides is 1. The number of carbonyl (C=O) groups excluding carboxylic acids is 2. The molecule has 0 atom stereocenters. The van der Waals surface area contributed by atoms with E-state index >= 15 is 0 Å². The maximum absolute atomic E-state index is 11.9. The predicted octanol–water partition coefficient (Wildman–Crippen LogP) is 0.916. The molecule has 0 fully saturated rings. The van der Waals surface area contributed by atoms with Gasteiger partial charge in [0.15, 0.2) is 0 Å². The number of nitrogens with one attached hydrogen (secondary N) is 1. The normalized spacial score (nSPS) is 11.0. The Hall–Kier alpha value is -1.75. The first-order chi connectivity index (χ1) is 7.75. The number of hydrogen-bond donors (Lipinski definition) is 3. The van der Waals surface area contributed by atoms with Crippen LogP contribution in [0.3, 0.4) is 0 Å². The van der Waals surface area contributed by atoms with Crippen LogP contribution in [0.2, 0.25) is 5.02 Å². The average molecular weight is 256 g/mol. The van der Waals surface area contributed by atoms with Crippen LogP contribution in [0.25, 0.3) is 0 Å². The SMILES string of the molecule is CC(C)(NC(=O)c1cccc(Cl)c1N)C(N)=O. The van der Waals surface area contributed by atoms with Crippen LogP contribution in [-0.4, -0.2) is 17.4 Å². The third-order valence-electron chi connectivity index (χ3n) is 2.34. The molecule has 92 valence electrons. The highest BCUT2D eigenvalue weighted by molar-refractivity contribution is 6.34. The molecule has 0 saturated heterocycles. The number of para-hydroxylation sites is 1. The number of anilines is 1. The highest BCUT2D eigenvalue weighted by Crippen LogP contribution is 2.22. The summed E-state index contributed by atoms with van der Waals surface area (Å²) in [6.45, 7) is 3.02. The zero-order chi connectivity index (χ0) is 13.2. The van der Waals surface area contributed by atoms with Gasteiger partial charge in [-0.15, -0.1) is 0 Å². The topological polar surface area (TPSA) is 98.2 Å².